The standard InChI is InChI=1S/C15H23NO2/c1-14(2)10-12(15(3,4)18-14)13(17)9-11-5-7-16-8-6-11/h5-8,12-13,17H,9-10H2,1-4H3. The van der Waals surface area contributed by atoms with Crippen LogP contribution in [0.4, 0.5) is 0 Å². The molecule has 1 aromatic rings. The molecule has 3 nitrogen and oxygen atoms in total. The second kappa shape index (κ2) is 4.63. The third-order valence-corrected chi connectivity index (χ3v) is 3.80. The summed E-state index contributed by atoms with van der Waals surface area (Å²) in [5.41, 5.74) is 0.710. The fraction of sp³-hybridized carbons (Fsp3) is 0.667. The third kappa shape index (κ3) is 2.90. The highest BCUT2D eigenvalue weighted by Crippen LogP contribution is 2.44. The first-order chi connectivity index (χ1) is 8.30. The number of hydrogen-bond donors (Lipinski definition) is 1. The Bertz CT molecular complexity index is 400. The van der Waals surface area contributed by atoms with Crippen molar-refractivity contribution in [3.63, 3.8) is 0 Å². The monoisotopic (exact) mass is 249 g/mol. The minimum absolute atomic E-state index is 0.145. The van der Waals surface area contributed by atoms with Gasteiger partial charge in [-0.3, -0.25) is 4.98 Å². The number of rotatable bonds is 3. The molecule has 3 heteroatoms. The van der Waals surface area contributed by atoms with E-state index in [4.69, 9.17) is 4.74 Å². The summed E-state index contributed by atoms with van der Waals surface area (Å²) in [7, 11) is 0. The fourth-order valence-electron chi connectivity index (χ4n) is 3.11. The van der Waals surface area contributed by atoms with Crippen molar-refractivity contribution in [3.8, 4) is 0 Å². The van der Waals surface area contributed by atoms with Gasteiger partial charge in [0.15, 0.2) is 0 Å². The van der Waals surface area contributed by atoms with E-state index in [1.165, 1.54) is 0 Å². The van der Waals surface area contributed by atoms with Crippen molar-refractivity contribution in [1.82, 2.24) is 4.98 Å². The summed E-state index contributed by atoms with van der Waals surface area (Å²) in [5.74, 6) is 0.167. The lowest BCUT2D eigenvalue weighted by Gasteiger charge is -2.30. The average molecular weight is 249 g/mol. The molecule has 2 rings (SSSR count). The molecule has 18 heavy (non-hydrogen) atoms. The summed E-state index contributed by atoms with van der Waals surface area (Å²) < 4.78 is 6.04. The molecule has 0 saturated carbocycles. The Morgan fingerprint density at radius 1 is 1.33 bits per heavy atom. The van der Waals surface area contributed by atoms with Gasteiger partial charge in [0.1, 0.15) is 0 Å². The molecule has 1 fully saturated rings. The van der Waals surface area contributed by atoms with Crippen LogP contribution in [0, 0.1) is 5.92 Å². The van der Waals surface area contributed by atoms with Gasteiger partial charge in [-0.1, -0.05) is 0 Å². The van der Waals surface area contributed by atoms with E-state index in [9.17, 15) is 5.11 Å². The number of pyridine rings is 1. The van der Waals surface area contributed by atoms with Gasteiger partial charge in [-0.2, -0.15) is 0 Å². The van der Waals surface area contributed by atoms with Crippen LogP contribution >= 0.6 is 0 Å². The van der Waals surface area contributed by atoms with Crippen LogP contribution < -0.4 is 0 Å². The lowest BCUT2D eigenvalue weighted by molar-refractivity contribution is -0.0873. The van der Waals surface area contributed by atoms with Crippen LogP contribution in [0.25, 0.3) is 0 Å². The Kier molecular flexibility index (Phi) is 3.47. The molecule has 0 aromatic carbocycles. The SMILES string of the molecule is CC1(C)CC(C(O)Cc2ccncc2)C(C)(C)O1. The van der Waals surface area contributed by atoms with E-state index in [1.54, 1.807) is 12.4 Å². The first kappa shape index (κ1) is 13.5. The quantitative estimate of drug-likeness (QED) is 0.895. The first-order valence-corrected chi connectivity index (χ1v) is 6.57. The number of nitrogens with zero attached hydrogens (tertiary/aromatic N) is 1. The summed E-state index contributed by atoms with van der Waals surface area (Å²) in [6, 6.07) is 3.91. The van der Waals surface area contributed by atoms with E-state index in [0.717, 1.165) is 12.0 Å². The maximum Gasteiger partial charge on any atom is 0.0687 e. The molecule has 2 heterocycles. The average Bonchev–Trinajstić information content (AvgIpc) is 2.48. The van der Waals surface area contributed by atoms with Crippen molar-refractivity contribution < 1.29 is 9.84 Å². The van der Waals surface area contributed by atoms with Gasteiger partial charge in [-0.05, 0) is 58.2 Å². The second-order valence-electron chi connectivity index (χ2n) is 6.40. The van der Waals surface area contributed by atoms with Crippen LogP contribution in [0.2, 0.25) is 0 Å². The van der Waals surface area contributed by atoms with Crippen LogP contribution in [-0.2, 0) is 11.2 Å². The number of aliphatic hydroxyl groups excluding tert-OH is 1. The molecule has 1 aromatic heterocycles. The molecule has 1 aliphatic heterocycles. The highest BCUT2D eigenvalue weighted by Gasteiger charge is 2.48. The maximum atomic E-state index is 10.5. The van der Waals surface area contributed by atoms with E-state index < -0.39 is 0 Å². The minimum atomic E-state index is -0.371. The molecular weight excluding hydrogens is 226 g/mol. The van der Waals surface area contributed by atoms with Crippen molar-refractivity contribution >= 4 is 0 Å². The van der Waals surface area contributed by atoms with Gasteiger partial charge >= 0.3 is 0 Å². The third-order valence-electron chi connectivity index (χ3n) is 3.80. The van der Waals surface area contributed by atoms with E-state index in [0.29, 0.717) is 6.42 Å². The van der Waals surface area contributed by atoms with Gasteiger partial charge in [-0.25, -0.2) is 0 Å². The predicted octanol–water partition coefficient (Wildman–Crippen LogP) is 2.58. The van der Waals surface area contributed by atoms with Gasteiger partial charge in [0.2, 0.25) is 0 Å². The number of ether oxygens (including phenoxy) is 1. The van der Waals surface area contributed by atoms with Crippen LogP contribution in [-0.4, -0.2) is 27.4 Å². The zero-order valence-electron chi connectivity index (χ0n) is 11.7. The Balaban J connectivity index is 2.08. The second-order valence-corrected chi connectivity index (χ2v) is 6.40. The van der Waals surface area contributed by atoms with Gasteiger partial charge in [-0.15, -0.1) is 0 Å². The predicted molar refractivity (Wildman–Crippen MR) is 71.3 cm³/mol. The molecule has 0 bridgehead atoms. The van der Waals surface area contributed by atoms with Gasteiger partial charge in [0, 0.05) is 18.3 Å². The van der Waals surface area contributed by atoms with Gasteiger partial charge < -0.3 is 9.84 Å². The largest absolute Gasteiger partial charge is 0.392 e. The molecule has 2 unspecified atom stereocenters. The Morgan fingerprint density at radius 2 is 1.94 bits per heavy atom. The minimum Gasteiger partial charge on any atom is -0.392 e. The molecule has 2 atom stereocenters. The molecule has 100 valence electrons. The van der Waals surface area contributed by atoms with E-state index in [2.05, 4.69) is 32.7 Å². The van der Waals surface area contributed by atoms with E-state index in [1.807, 2.05) is 12.1 Å². The van der Waals surface area contributed by atoms with Crippen molar-refractivity contribution in [1.29, 1.82) is 0 Å². The number of aromatic nitrogens is 1. The van der Waals surface area contributed by atoms with E-state index in [-0.39, 0.29) is 23.2 Å². The highest BCUT2D eigenvalue weighted by atomic mass is 16.5. The van der Waals surface area contributed by atoms with Crippen LogP contribution in [0.3, 0.4) is 0 Å². The highest BCUT2D eigenvalue weighted by molar-refractivity contribution is 5.12. The summed E-state index contributed by atoms with van der Waals surface area (Å²) in [5, 5.41) is 10.5. The summed E-state index contributed by atoms with van der Waals surface area (Å²) >= 11 is 0. The van der Waals surface area contributed by atoms with E-state index >= 15 is 0 Å². The normalized spacial score (nSPS) is 27.1. The summed E-state index contributed by atoms with van der Waals surface area (Å²) in [6.45, 7) is 8.33. The maximum absolute atomic E-state index is 10.5. The first-order valence-electron chi connectivity index (χ1n) is 6.57. The molecule has 1 aliphatic rings. The summed E-state index contributed by atoms with van der Waals surface area (Å²) in [6.07, 6.45) is 4.72. The molecule has 0 spiro atoms. The lowest BCUT2D eigenvalue weighted by Crippen LogP contribution is -2.37. The molecule has 0 amide bonds. The van der Waals surface area contributed by atoms with Crippen molar-refractivity contribution in [2.75, 3.05) is 0 Å². The topological polar surface area (TPSA) is 42.4 Å². The zero-order valence-corrected chi connectivity index (χ0v) is 11.7. The zero-order chi connectivity index (χ0) is 13.4. The lowest BCUT2D eigenvalue weighted by atomic mass is 9.81. The van der Waals surface area contributed by atoms with Gasteiger partial charge in [0.05, 0.1) is 17.3 Å². The number of hydrogen-bond acceptors (Lipinski definition) is 3. The Labute approximate surface area is 109 Å². The van der Waals surface area contributed by atoms with Crippen molar-refractivity contribution in [3.05, 3.63) is 30.1 Å². The smallest absolute Gasteiger partial charge is 0.0687 e. The van der Waals surface area contributed by atoms with Crippen LogP contribution in [0.5, 0.6) is 0 Å². The van der Waals surface area contributed by atoms with Crippen LogP contribution in [0.15, 0.2) is 24.5 Å². The molecule has 0 aliphatic carbocycles. The summed E-state index contributed by atoms with van der Waals surface area (Å²) in [4.78, 5) is 4.00. The van der Waals surface area contributed by atoms with Crippen LogP contribution in [0.1, 0.15) is 39.7 Å². The van der Waals surface area contributed by atoms with Crippen molar-refractivity contribution in [2.24, 2.45) is 5.92 Å². The molecule has 0 radical (unpaired) electrons. The Hall–Kier alpha value is -0.930. The molecular formula is C15H23NO2. The molecule has 1 N–H and O–H groups in total. The Morgan fingerprint density at radius 3 is 2.44 bits per heavy atom. The fourth-order valence-corrected chi connectivity index (χ4v) is 3.11. The number of aliphatic hydroxyl groups is 1. The van der Waals surface area contributed by atoms with Crippen molar-refractivity contribution in [2.45, 2.75) is 57.8 Å². The molecule has 1 saturated heterocycles. The van der Waals surface area contributed by atoms with Gasteiger partial charge in [0.25, 0.3) is 0 Å².